The molecule has 2 aromatic carbocycles. The van der Waals surface area contributed by atoms with E-state index in [4.69, 9.17) is 9.47 Å². The van der Waals surface area contributed by atoms with Crippen molar-refractivity contribution in [1.29, 1.82) is 0 Å². The highest BCUT2D eigenvalue weighted by atomic mass is 32.1. The lowest BCUT2D eigenvalue weighted by atomic mass is 10.2. The molecule has 0 aliphatic carbocycles. The van der Waals surface area contributed by atoms with Gasteiger partial charge < -0.3 is 14.8 Å². The lowest BCUT2D eigenvalue weighted by Crippen LogP contribution is -2.22. The van der Waals surface area contributed by atoms with Crippen LogP contribution in [0.15, 0.2) is 42.5 Å². The van der Waals surface area contributed by atoms with Crippen LogP contribution >= 0.6 is 11.3 Å². The normalized spacial score (nSPS) is 10.6. The first-order chi connectivity index (χ1) is 12.2. The second-order valence-corrected chi connectivity index (χ2v) is 6.40. The van der Waals surface area contributed by atoms with Crippen LogP contribution < -0.4 is 14.8 Å². The molecule has 1 heterocycles. The van der Waals surface area contributed by atoms with Crippen LogP contribution in [0.4, 0.5) is 0 Å². The van der Waals surface area contributed by atoms with Crippen LogP contribution in [0.5, 0.6) is 11.5 Å². The Morgan fingerprint density at radius 3 is 2.60 bits per heavy atom. The summed E-state index contributed by atoms with van der Waals surface area (Å²) in [6.07, 6.45) is 0. The molecule has 0 saturated carbocycles. The van der Waals surface area contributed by atoms with Crippen molar-refractivity contribution >= 4 is 27.5 Å². The summed E-state index contributed by atoms with van der Waals surface area (Å²) in [4.78, 5) is 17.0. The highest BCUT2D eigenvalue weighted by molar-refractivity contribution is 7.18. The lowest BCUT2D eigenvalue weighted by Gasteiger charge is -2.12. The highest BCUT2D eigenvalue weighted by Crippen LogP contribution is 2.28. The van der Waals surface area contributed by atoms with E-state index in [1.807, 2.05) is 38.1 Å². The number of ether oxygens (including phenoxy) is 2. The molecule has 0 fully saturated rings. The molecule has 0 atom stereocenters. The van der Waals surface area contributed by atoms with E-state index in [9.17, 15) is 4.79 Å². The molecule has 25 heavy (non-hydrogen) atoms. The molecule has 0 aliphatic heterocycles. The number of benzene rings is 2. The number of hydrogen-bond acceptors (Lipinski definition) is 5. The molecule has 0 spiro atoms. The molecular formula is C19H20N2O3S. The van der Waals surface area contributed by atoms with Gasteiger partial charge in [-0.15, -0.1) is 11.3 Å². The summed E-state index contributed by atoms with van der Waals surface area (Å²) in [7, 11) is 0. The molecule has 130 valence electrons. The van der Waals surface area contributed by atoms with Crippen molar-refractivity contribution in [3.63, 3.8) is 0 Å². The third kappa shape index (κ3) is 4.09. The Balaban J connectivity index is 1.70. The van der Waals surface area contributed by atoms with E-state index >= 15 is 0 Å². The molecule has 0 bridgehead atoms. The average molecular weight is 356 g/mol. The van der Waals surface area contributed by atoms with Crippen molar-refractivity contribution in [2.24, 2.45) is 0 Å². The number of fused-ring (bicyclic) bond motifs is 1. The number of aromatic nitrogens is 1. The summed E-state index contributed by atoms with van der Waals surface area (Å²) in [5.41, 5.74) is 1.49. The summed E-state index contributed by atoms with van der Waals surface area (Å²) in [5, 5.41) is 3.79. The molecule has 1 aromatic heterocycles. The first kappa shape index (κ1) is 17.2. The summed E-state index contributed by atoms with van der Waals surface area (Å²) in [6.45, 7) is 5.26. The maximum Gasteiger partial charge on any atom is 0.251 e. The minimum Gasteiger partial charge on any atom is -0.490 e. The zero-order valence-electron chi connectivity index (χ0n) is 14.2. The summed E-state index contributed by atoms with van der Waals surface area (Å²) < 4.78 is 12.2. The second-order valence-electron chi connectivity index (χ2n) is 5.29. The van der Waals surface area contributed by atoms with Gasteiger partial charge in [0.2, 0.25) is 0 Å². The van der Waals surface area contributed by atoms with E-state index in [-0.39, 0.29) is 5.91 Å². The van der Waals surface area contributed by atoms with Gasteiger partial charge >= 0.3 is 0 Å². The summed E-state index contributed by atoms with van der Waals surface area (Å²) in [5.74, 6) is 1.06. The molecule has 1 N–H and O–H groups in total. The van der Waals surface area contributed by atoms with E-state index in [0.717, 1.165) is 15.2 Å². The van der Waals surface area contributed by atoms with Crippen molar-refractivity contribution < 1.29 is 14.3 Å². The Bertz CT molecular complexity index is 843. The summed E-state index contributed by atoms with van der Waals surface area (Å²) >= 11 is 1.58. The zero-order valence-corrected chi connectivity index (χ0v) is 15.1. The zero-order chi connectivity index (χ0) is 17.6. The molecule has 0 saturated heterocycles. The average Bonchev–Trinajstić information content (AvgIpc) is 3.04. The van der Waals surface area contributed by atoms with E-state index in [1.165, 1.54) is 0 Å². The van der Waals surface area contributed by atoms with Crippen molar-refractivity contribution in [2.75, 3.05) is 13.2 Å². The minimum atomic E-state index is -0.164. The van der Waals surface area contributed by atoms with E-state index in [0.29, 0.717) is 36.8 Å². The third-order valence-corrected chi connectivity index (χ3v) is 4.58. The summed E-state index contributed by atoms with van der Waals surface area (Å²) in [6, 6.07) is 13.2. The SMILES string of the molecule is CCOc1ccc(C(=O)NCc2nc3ccccc3s2)cc1OCC. The van der Waals surface area contributed by atoms with Gasteiger partial charge in [0.05, 0.1) is 30.0 Å². The Morgan fingerprint density at radius 2 is 1.84 bits per heavy atom. The van der Waals surface area contributed by atoms with Crippen LogP contribution in [-0.4, -0.2) is 24.1 Å². The maximum atomic E-state index is 12.4. The smallest absolute Gasteiger partial charge is 0.251 e. The highest BCUT2D eigenvalue weighted by Gasteiger charge is 2.12. The topological polar surface area (TPSA) is 60.5 Å². The fraction of sp³-hybridized carbons (Fsp3) is 0.263. The first-order valence-electron chi connectivity index (χ1n) is 8.23. The predicted octanol–water partition coefficient (Wildman–Crippen LogP) is 4.02. The van der Waals surface area contributed by atoms with Crippen molar-refractivity contribution in [1.82, 2.24) is 10.3 Å². The first-order valence-corrected chi connectivity index (χ1v) is 9.05. The number of amides is 1. The minimum absolute atomic E-state index is 0.164. The number of carbonyl (C=O) groups excluding carboxylic acids is 1. The molecule has 5 nitrogen and oxygen atoms in total. The van der Waals surface area contributed by atoms with Crippen molar-refractivity contribution in [3.8, 4) is 11.5 Å². The van der Waals surface area contributed by atoms with Gasteiger partial charge in [0.25, 0.3) is 5.91 Å². The quantitative estimate of drug-likeness (QED) is 0.694. The number of hydrogen-bond donors (Lipinski definition) is 1. The Hall–Kier alpha value is -2.60. The van der Waals surface area contributed by atoms with E-state index < -0.39 is 0 Å². The number of rotatable bonds is 7. The molecule has 1 amide bonds. The monoisotopic (exact) mass is 356 g/mol. The van der Waals surface area contributed by atoms with Gasteiger partial charge in [0.1, 0.15) is 5.01 Å². The second kappa shape index (κ2) is 7.98. The van der Waals surface area contributed by atoms with Gasteiger partial charge in [-0.2, -0.15) is 0 Å². The fourth-order valence-electron chi connectivity index (χ4n) is 2.45. The Labute approximate surface area is 150 Å². The fourth-order valence-corrected chi connectivity index (χ4v) is 3.35. The van der Waals surface area contributed by atoms with Crippen LogP contribution in [0, 0.1) is 0 Å². The molecule has 0 aliphatic rings. The van der Waals surface area contributed by atoms with Gasteiger partial charge in [-0.25, -0.2) is 4.98 Å². The number of para-hydroxylation sites is 1. The van der Waals surface area contributed by atoms with Crippen molar-refractivity contribution in [2.45, 2.75) is 20.4 Å². The molecule has 0 radical (unpaired) electrons. The van der Waals surface area contributed by atoms with Crippen LogP contribution in [-0.2, 0) is 6.54 Å². The molecule has 0 unspecified atom stereocenters. The Kier molecular flexibility index (Phi) is 5.50. The molecule has 3 rings (SSSR count). The number of nitrogens with zero attached hydrogens (tertiary/aromatic N) is 1. The molecular weight excluding hydrogens is 336 g/mol. The van der Waals surface area contributed by atoms with Crippen LogP contribution in [0.1, 0.15) is 29.2 Å². The van der Waals surface area contributed by atoms with E-state index in [1.54, 1.807) is 29.5 Å². The lowest BCUT2D eigenvalue weighted by molar-refractivity contribution is 0.0950. The largest absolute Gasteiger partial charge is 0.490 e. The number of carbonyl (C=O) groups is 1. The maximum absolute atomic E-state index is 12.4. The van der Waals surface area contributed by atoms with Crippen LogP contribution in [0.3, 0.4) is 0 Å². The third-order valence-electron chi connectivity index (χ3n) is 3.54. The van der Waals surface area contributed by atoms with Gasteiger partial charge in [0.15, 0.2) is 11.5 Å². The van der Waals surface area contributed by atoms with Gasteiger partial charge in [0, 0.05) is 5.56 Å². The van der Waals surface area contributed by atoms with Gasteiger partial charge in [-0.05, 0) is 44.2 Å². The standard InChI is InChI=1S/C19H20N2O3S/c1-3-23-15-10-9-13(11-16(15)24-4-2)19(22)20-12-18-21-14-7-5-6-8-17(14)25-18/h5-11H,3-4,12H2,1-2H3,(H,20,22). The van der Waals surface area contributed by atoms with Crippen molar-refractivity contribution in [3.05, 3.63) is 53.0 Å². The molecule has 6 heteroatoms. The van der Waals surface area contributed by atoms with E-state index in [2.05, 4.69) is 10.3 Å². The molecule has 3 aromatic rings. The number of thiazole rings is 1. The van der Waals surface area contributed by atoms with Crippen LogP contribution in [0.2, 0.25) is 0 Å². The predicted molar refractivity (Wildman–Crippen MR) is 99.6 cm³/mol. The number of nitrogens with one attached hydrogen (secondary N) is 1. The Morgan fingerprint density at radius 1 is 1.08 bits per heavy atom. The van der Waals surface area contributed by atoms with Gasteiger partial charge in [-0.3, -0.25) is 4.79 Å². The van der Waals surface area contributed by atoms with Gasteiger partial charge in [-0.1, -0.05) is 12.1 Å². The van der Waals surface area contributed by atoms with Crippen LogP contribution in [0.25, 0.3) is 10.2 Å².